The van der Waals surface area contributed by atoms with Crippen LogP contribution in [0.25, 0.3) is 10.8 Å². The van der Waals surface area contributed by atoms with E-state index in [9.17, 15) is 15.3 Å². The van der Waals surface area contributed by atoms with Gasteiger partial charge in [-0.25, -0.2) is 0 Å². The van der Waals surface area contributed by atoms with Crippen LogP contribution in [0.4, 0.5) is 0 Å². The molecule has 2 fully saturated rings. The largest absolute Gasteiger partial charge is 0.445 e. The summed E-state index contributed by atoms with van der Waals surface area (Å²) < 4.78 is 18.6. The Labute approximate surface area is 149 Å². The molecule has 1 spiro atoms. The van der Waals surface area contributed by atoms with Crippen molar-refractivity contribution in [3.63, 3.8) is 0 Å². The molecule has 2 aliphatic heterocycles. The second-order valence-corrected chi connectivity index (χ2v) is 7.53. The first-order chi connectivity index (χ1) is 12.5. The van der Waals surface area contributed by atoms with Gasteiger partial charge >= 0.3 is 5.79 Å². The highest BCUT2D eigenvalue weighted by atomic mass is 16.8. The van der Waals surface area contributed by atoms with E-state index in [1.54, 1.807) is 6.08 Å². The lowest BCUT2D eigenvalue weighted by Gasteiger charge is -2.48. The highest BCUT2D eigenvalue weighted by molar-refractivity contribution is 5.94. The number of epoxide rings is 1. The molecule has 0 unspecified atom stereocenters. The van der Waals surface area contributed by atoms with Gasteiger partial charge in [-0.05, 0) is 36.4 Å². The Kier molecular flexibility index (Phi) is 2.54. The molecule has 6 rings (SSSR count). The molecule has 1 saturated heterocycles. The molecule has 2 aliphatic carbocycles. The van der Waals surface area contributed by atoms with Gasteiger partial charge in [0, 0.05) is 6.08 Å². The van der Waals surface area contributed by atoms with Crippen molar-refractivity contribution in [2.75, 3.05) is 0 Å². The van der Waals surface area contributed by atoms with Crippen LogP contribution in [0.5, 0.6) is 11.5 Å². The minimum atomic E-state index is -1.45. The van der Waals surface area contributed by atoms with Crippen molar-refractivity contribution in [3.8, 4) is 11.5 Å². The average Bonchev–Trinajstić information content (AvgIpc) is 3.39. The SMILES string of the molecule is O[C@@H]1CC[C@H](O)[C@@]23O[C@@]12C1(C=C[C@@H]3O)Oc2cccc3cccc(c23)O1. The van der Waals surface area contributed by atoms with Gasteiger partial charge in [-0.3, -0.25) is 0 Å². The first-order valence-electron chi connectivity index (χ1n) is 8.88. The summed E-state index contributed by atoms with van der Waals surface area (Å²) in [6.07, 6.45) is 0.926. The van der Waals surface area contributed by atoms with Gasteiger partial charge in [0.25, 0.3) is 0 Å². The Morgan fingerprint density at radius 3 is 2.23 bits per heavy atom. The van der Waals surface area contributed by atoms with E-state index in [-0.39, 0.29) is 0 Å². The molecule has 5 atom stereocenters. The Morgan fingerprint density at radius 1 is 0.885 bits per heavy atom. The summed E-state index contributed by atoms with van der Waals surface area (Å²) in [6, 6.07) is 11.4. The molecular weight excluding hydrogens is 336 g/mol. The Bertz CT molecular complexity index is 929. The predicted molar refractivity (Wildman–Crippen MR) is 90.9 cm³/mol. The maximum atomic E-state index is 10.9. The second-order valence-electron chi connectivity index (χ2n) is 7.53. The van der Waals surface area contributed by atoms with Crippen LogP contribution in [0.15, 0.2) is 48.6 Å². The molecular formula is C20H18O6. The fraction of sp³-hybridized carbons (Fsp3) is 0.400. The smallest absolute Gasteiger partial charge is 0.306 e. The minimum Gasteiger partial charge on any atom is -0.445 e. The van der Waals surface area contributed by atoms with Gasteiger partial charge in [0.2, 0.25) is 5.60 Å². The molecule has 2 aromatic rings. The maximum Gasteiger partial charge on any atom is 0.306 e. The first-order valence-corrected chi connectivity index (χ1v) is 8.88. The third kappa shape index (κ3) is 1.39. The molecule has 2 aromatic carbocycles. The quantitative estimate of drug-likeness (QED) is 0.487. The lowest BCUT2D eigenvalue weighted by molar-refractivity contribution is -0.177. The van der Waals surface area contributed by atoms with E-state index in [1.807, 2.05) is 36.4 Å². The van der Waals surface area contributed by atoms with Gasteiger partial charge in [0.15, 0.2) is 5.60 Å². The number of hydrogen-bond donors (Lipinski definition) is 3. The van der Waals surface area contributed by atoms with Crippen LogP contribution in [-0.2, 0) is 4.74 Å². The van der Waals surface area contributed by atoms with Gasteiger partial charge in [0.05, 0.1) is 17.6 Å². The molecule has 26 heavy (non-hydrogen) atoms. The molecule has 3 N–H and O–H groups in total. The summed E-state index contributed by atoms with van der Waals surface area (Å²) >= 11 is 0. The van der Waals surface area contributed by atoms with Gasteiger partial charge < -0.3 is 29.5 Å². The summed E-state index contributed by atoms with van der Waals surface area (Å²) in [7, 11) is 0. The summed E-state index contributed by atoms with van der Waals surface area (Å²) in [5.74, 6) is -0.205. The van der Waals surface area contributed by atoms with E-state index in [1.165, 1.54) is 6.08 Å². The molecule has 2 heterocycles. The molecule has 134 valence electrons. The summed E-state index contributed by atoms with van der Waals surface area (Å²) in [5, 5.41) is 33.9. The van der Waals surface area contributed by atoms with E-state index < -0.39 is 35.3 Å². The summed E-state index contributed by atoms with van der Waals surface area (Å²) in [6.45, 7) is 0. The third-order valence-corrected chi connectivity index (χ3v) is 6.35. The molecule has 0 bridgehead atoms. The van der Waals surface area contributed by atoms with E-state index in [2.05, 4.69) is 0 Å². The Morgan fingerprint density at radius 2 is 1.54 bits per heavy atom. The van der Waals surface area contributed by atoms with Crippen molar-refractivity contribution in [1.82, 2.24) is 0 Å². The fourth-order valence-electron chi connectivity index (χ4n) is 5.17. The van der Waals surface area contributed by atoms with E-state index in [0.717, 1.165) is 10.8 Å². The zero-order valence-corrected chi connectivity index (χ0v) is 13.8. The van der Waals surface area contributed by atoms with Gasteiger partial charge in [-0.15, -0.1) is 0 Å². The highest BCUT2D eigenvalue weighted by Gasteiger charge is 2.91. The van der Waals surface area contributed by atoms with E-state index >= 15 is 0 Å². The average molecular weight is 354 g/mol. The number of ether oxygens (including phenoxy) is 3. The molecule has 4 aliphatic rings. The fourth-order valence-corrected chi connectivity index (χ4v) is 5.17. The van der Waals surface area contributed by atoms with Crippen LogP contribution in [0, 0.1) is 0 Å². The first kappa shape index (κ1) is 15.0. The molecule has 0 radical (unpaired) electrons. The summed E-state index contributed by atoms with van der Waals surface area (Å²) in [5.41, 5.74) is -2.68. The number of hydrogen-bond acceptors (Lipinski definition) is 6. The van der Waals surface area contributed by atoms with Gasteiger partial charge in [-0.2, -0.15) is 0 Å². The normalized spacial score (nSPS) is 41.1. The number of rotatable bonds is 0. The van der Waals surface area contributed by atoms with Crippen molar-refractivity contribution in [1.29, 1.82) is 0 Å². The number of aliphatic hydroxyl groups excluding tert-OH is 3. The molecule has 6 heteroatoms. The topological polar surface area (TPSA) is 91.7 Å². The molecule has 1 saturated carbocycles. The minimum absolute atomic E-state index is 0.337. The monoisotopic (exact) mass is 354 g/mol. The summed E-state index contributed by atoms with van der Waals surface area (Å²) in [4.78, 5) is 0. The number of aliphatic hydroxyl groups is 3. The Hall–Kier alpha value is -2.12. The van der Waals surface area contributed by atoms with Crippen LogP contribution in [0.2, 0.25) is 0 Å². The van der Waals surface area contributed by atoms with Crippen molar-refractivity contribution < 1.29 is 29.5 Å². The lowest BCUT2D eigenvalue weighted by Crippen LogP contribution is -2.70. The molecule has 0 aromatic heterocycles. The van der Waals surface area contributed by atoms with Gasteiger partial charge in [-0.1, -0.05) is 24.3 Å². The van der Waals surface area contributed by atoms with Crippen molar-refractivity contribution >= 4 is 10.8 Å². The van der Waals surface area contributed by atoms with Crippen molar-refractivity contribution in [2.24, 2.45) is 0 Å². The third-order valence-electron chi connectivity index (χ3n) is 6.35. The van der Waals surface area contributed by atoms with Gasteiger partial charge in [0.1, 0.15) is 17.6 Å². The van der Waals surface area contributed by atoms with Crippen LogP contribution in [0.3, 0.4) is 0 Å². The standard InChI is InChI=1S/C20H18O6/c21-14-7-8-16(23)20-18(10-9-15(22)19(14,20)26-20)24-12-5-1-3-11-4-2-6-13(25-18)17(11)12/h1-6,9-10,14-16,21-23H,7-8H2/t14-,15-,16+,19-,20+/m0/s1. The predicted octanol–water partition coefficient (Wildman–Crippen LogP) is 1.26. The lowest BCUT2D eigenvalue weighted by atomic mass is 9.66. The zero-order valence-electron chi connectivity index (χ0n) is 13.8. The van der Waals surface area contributed by atoms with Crippen LogP contribution < -0.4 is 9.47 Å². The van der Waals surface area contributed by atoms with Crippen molar-refractivity contribution in [2.45, 2.75) is 48.1 Å². The molecule has 0 amide bonds. The Balaban J connectivity index is 1.59. The molecule has 6 nitrogen and oxygen atoms in total. The highest BCUT2D eigenvalue weighted by Crippen LogP contribution is 2.68. The van der Waals surface area contributed by atoms with E-state index in [0.29, 0.717) is 24.3 Å². The van der Waals surface area contributed by atoms with Crippen LogP contribution >= 0.6 is 0 Å². The maximum absolute atomic E-state index is 10.9. The van der Waals surface area contributed by atoms with Crippen LogP contribution in [0.1, 0.15) is 12.8 Å². The zero-order chi connectivity index (χ0) is 17.7. The van der Waals surface area contributed by atoms with Crippen LogP contribution in [-0.4, -0.2) is 50.6 Å². The number of benzene rings is 2. The second kappa shape index (κ2) is 4.40. The van der Waals surface area contributed by atoms with Crippen molar-refractivity contribution in [3.05, 3.63) is 48.6 Å². The van der Waals surface area contributed by atoms with E-state index in [4.69, 9.17) is 14.2 Å².